The van der Waals surface area contributed by atoms with Gasteiger partial charge in [-0.25, -0.2) is 0 Å². The molecule has 104 valence electrons. The SMILES string of the molecule is CCNC(=NCCN(CC)C1CC1)N1CCCC1. The van der Waals surface area contributed by atoms with E-state index in [-0.39, 0.29) is 0 Å². The third-order valence-electron chi connectivity index (χ3n) is 3.86. The van der Waals surface area contributed by atoms with Gasteiger partial charge in [0, 0.05) is 32.2 Å². The molecule has 0 aromatic rings. The fraction of sp³-hybridized carbons (Fsp3) is 0.929. The van der Waals surface area contributed by atoms with Crippen molar-refractivity contribution in [3.8, 4) is 0 Å². The second-order valence-corrected chi connectivity index (χ2v) is 5.29. The zero-order chi connectivity index (χ0) is 12.8. The van der Waals surface area contributed by atoms with Crippen LogP contribution in [0.2, 0.25) is 0 Å². The summed E-state index contributed by atoms with van der Waals surface area (Å²) in [7, 11) is 0. The van der Waals surface area contributed by atoms with Crippen molar-refractivity contribution in [2.24, 2.45) is 4.99 Å². The Balaban J connectivity index is 1.79. The summed E-state index contributed by atoms with van der Waals surface area (Å²) in [5.41, 5.74) is 0. The molecule has 0 aromatic carbocycles. The van der Waals surface area contributed by atoms with E-state index >= 15 is 0 Å². The maximum Gasteiger partial charge on any atom is 0.193 e. The van der Waals surface area contributed by atoms with Crippen LogP contribution in [0.5, 0.6) is 0 Å². The van der Waals surface area contributed by atoms with Gasteiger partial charge >= 0.3 is 0 Å². The van der Waals surface area contributed by atoms with E-state index in [1.807, 2.05) is 0 Å². The first-order valence-electron chi connectivity index (χ1n) is 7.62. The Morgan fingerprint density at radius 2 is 2.00 bits per heavy atom. The lowest BCUT2D eigenvalue weighted by Gasteiger charge is -2.22. The van der Waals surface area contributed by atoms with Crippen LogP contribution in [0.1, 0.15) is 39.5 Å². The molecule has 4 heteroatoms. The lowest BCUT2D eigenvalue weighted by molar-refractivity contribution is 0.285. The molecule has 0 bridgehead atoms. The topological polar surface area (TPSA) is 30.9 Å². The number of likely N-dealkylation sites (tertiary alicyclic amines) is 1. The molecule has 1 aliphatic carbocycles. The number of nitrogens with zero attached hydrogens (tertiary/aromatic N) is 3. The Bertz CT molecular complexity index is 267. The Morgan fingerprint density at radius 1 is 1.28 bits per heavy atom. The molecule has 1 aliphatic heterocycles. The monoisotopic (exact) mass is 252 g/mol. The predicted octanol–water partition coefficient (Wildman–Crippen LogP) is 1.53. The van der Waals surface area contributed by atoms with E-state index in [1.165, 1.54) is 45.3 Å². The van der Waals surface area contributed by atoms with Crippen LogP contribution in [0.25, 0.3) is 0 Å². The van der Waals surface area contributed by atoms with E-state index in [2.05, 4.69) is 29.0 Å². The quantitative estimate of drug-likeness (QED) is 0.574. The van der Waals surface area contributed by atoms with Crippen molar-refractivity contribution in [2.45, 2.75) is 45.6 Å². The number of nitrogens with one attached hydrogen (secondary N) is 1. The highest BCUT2D eigenvalue weighted by atomic mass is 15.3. The Morgan fingerprint density at radius 3 is 2.56 bits per heavy atom. The highest BCUT2D eigenvalue weighted by Crippen LogP contribution is 2.25. The Labute approximate surface area is 111 Å². The third kappa shape index (κ3) is 3.87. The second-order valence-electron chi connectivity index (χ2n) is 5.29. The van der Waals surface area contributed by atoms with E-state index < -0.39 is 0 Å². The summed E-state index contributed by atoms with van der Waals surface area (Å²) in [6, 6.07) is 0.861. The van der Waals surface area contributed by atoms with Crippen LogP contribution in [0, 0.1) is 0 Å². The zero-order valence-electron chi connectivity index (χ0n) is 12.0. The molecule has 0 aromatic heterocycles. The molecular formula is C14H28N4. The predicted molar refractivity (Wildman–Crippen MR) is 77.1 cm³/mol. The molecule has 1 heterocycles. The van der Waals surface area contributed by atoms with Crippen LogP contribution in [-0.4, -0.2) is 61.1 Å². The molecule has 1 N–H and O–H groups in total. The summed E-state index contributed by atoms with van der Waals surface area (Å²) < 4.78 is 0. The minimum absolute atomic E-state index is 0.861. The van der Waals surface area contributed by atoms with Gasteiger partial charge in [-0.05, 0) is 39.2 Å². The maximum atomic E-state index is 4.78. The first-order valence-corrected chi connectivity index (χ1v) is 7.62. The number of aliphatic imine (C=N–C) groups is 1. The lowest BCUT2D eigenvalue weighted by atomic mass is 10.4. The van der Waals surface area contributed by atoms with Crippen molar-refractivity contribution in [1.82, 2.24) is 15.1 Å². The van der Waals surface area contributed by atoms with Crippen LogP contribution in [0.4, 0.5) is 0 Å². The van der Waals surface area contributed by atoms with Gasteiger partial charge in [-0.3, -0.25) is 9.89 Å². The molecular weight excluding hydrogens is 224 g/mol. The maximum absolute atomic E-state index is 4.78. The smallest absolute Gasteiger partial charge is 0.193 e. The molecule has 4 nitrogen and oxygen atoms in total. The standard InChI is InChI=1S/C14H28N4/c1-3-15-14(18-10-5-6-11-18)16-9-12-17(4-2)13-7-8-13/h13H,3-12H2,1-2H3,(H,15,16). The largest absolute Gasteiger partial charge is 0.357 e. The number of hydrogen-bond acceptors (Lipinski definition) is 2. The van der Waals surface area contributed by atoms with Crippen LogP contribution in [-0.2, 0) is 0 Å². The van der Waals surface area contributed by atoms with Crippen molar-refractivity contribution in [3.05, 3.63) is 0 Å². The number of guanidine groups is 1. The molecule has 0 spiro atoms. The van der Waals surface area contributed by atoms with E-state index in [9.17, 15) is 0 Å². The molecule has 2 rings (SSSR count). The van der Waals surface area contributed by atoms with Gasteiger partial charge in [0.25, 0.3) is 0 Å². The minimum atomic E-state index is 0.861. The summed E-state index contributed by atoms with van der Waals surface area (Å²) in [6.45, 7) is 10.9. The summed E-state index contributed by atoms with van der Waals surface area (Å²) in [5, 5.41) is 3.42. The fourth-order valence-corrected chi connectivity index (χ4v) is 2.68. The zero-order valence-corrected chi connectivity index (χ0v) is 12.0. The van der Waals surface area contributed by atoms with Gasteiger partial charge in [0.15, 0.2) is 5.96 Å². The van der Waals surface area contributed by atoms with Crippen molar-refractivity contribution < 1.29 is 0 Å². The minimum Gasteiger partial charge on any atom is -0.357 e. The summed E-state index contributed by atoms with van der Waals surface area (Å²) in [6.07, 6.45) is 5.41. The Kier molecular flexibility index (Phi) is 5.29. The molecule has 0 unspecified atom stereocenters. The second kappa shape index (κ2) is 6.98. The molecule has 0 atom stereocenters. The first kappa shape index (κ1) is 13.7. The number of likely N-dealkylation sites (N-methyl/N-ethyl adjacent to an activating group) is 1. The molecule has 1 saturated heterocycles. The number of rotatable bonds is 6. The molecule has 0 amide bonds. The van der Waals surface area contributed by atoms with Crippen molar-refractivity contribution in [2.75, 3.05) is 39.3 Å². The summed E-state index contributed by atoms with van der Waals surface area (Å²) in [4.78, 5) is 9.75. The van der Waals surface area contributed by atoms with Crippen LogP contribution in [0.3, 0.4) is 0 Å². The average Bonchev–Trinajstić information content (AvgIpc) is 3.07. The van der Waals surface area contributed by atoms with Gasteiger partial charge < -0.3 is 10.2 Å². The molecule has 18 heavy (non-hydrogen) atoms. The van der Waals surface area contributed by atoms with Crippen molar-refractivity contribution in [1.29, 1.82) is 0 Å². The van der Waals surface area contributed by atoms with Gasteiger partial charge in [0.2, 0.25) is 0 Å². The van der Waals surface area contributed by atoms with Crippen molar-refractivity contribution in [3.63, 3.8) is 0 Å². The van der Waals surface area contributed by atoms with E-state index in [0.717, 1.165) is 31.6 Å². The summed E-state index contributed by atoms with van der Waals surface area (Å²) >= 11 is 0. The normalized spacial score (nSPS) is 20.8. The third-order valence-corrected chi connectivity index (χ3v) is 3.86. The van der Waals surface area contributed by atoms with Gasteiger partial charge in [0.1, 0.15) is 0 Å². The highest BCUT2D eigenvalue weighted by molar-refractivity contribution is 5.80. The average molecular weight is 252 g/mol. The molecule has 2 aliphatic rings. The molecule has 2 fully saturated rings. The van der Waals surface area contributed by atoms with Crippen LogP contribution >= 0.6 is 0 Å². The summed E-state index contributed by atoms with van der Waals surface area (Å²) in [5.74, 6) is 1.13. The Hall–Kier alpha value is -0.770. The number of hydrogen-bond donors (Lipinski definition) is 1. The van der Waals surface area contributed by atoms with E-state index in [4.69, 9.17) is 4.99 Å². The highest BCUT2D eigenvalue weighted by Gasteiger charge is 2.27. The van der Waals surface area contributed by atoms with E-state index in [0.29, 0.717) is 0 Å². The lowest BCUT2D eigenvalue weighted by Crippen LogP contribution is -2.40. The van der Waals surface area contributed by atoms with Crippen LogP contribution in [0.15, 0.2) is 4.99 Å². The van der Waals surface area contributed by atoms with E-state index in [1.54, 1.807) is 0 Å². The van der Waals surface area contributed by atoms with Gasteiger partial charge in [0.05, 0.1) is 6.54 Å². The van der Waals surface area contributed by atoms with Gasteiger partial charge in [-0.2, -0.15) is 0 Å². The van der Waals surface area contributed by atoms with Gasteiger partial charge in [-0.1, -0.05) is 6.92 Å². The van der Waals surface area contributed by atoms with Gasteiger partial charge in [-0.15, -0.1) is 0 Å². The molecule has 1 saturated carbocycles. The van der Waals surface area contributed by atoms with Crippen LogP contribution < -0.4 is 5.32 Å². The fourth-order valence-electron chi connectivity index (χ4n) is 2.68. The molecule has 0 radical (unpaired) electrons. The first-order chi connectivity index (χ1) is 8.85. The van der Waals surface area contributed by atoms with Crippen molar-refractivity contribution >= 4 is 5.96 Å².